The van der Waals surface area contributed by atoms with Crippen LogP contribution in [0.3, 0.4) is 0 Å². The predicted molar refractivity (Wildman–Crippen MR) is 79.7 cm³/mol. The van der Waals surface area contributed by atoms with Crippen LogP contribution in [-0.2, 0) is 0 Å². The van der Waals surface area contributed by atoms with Crippen LogP contribution >= 0.6 is 15.9 Å². The van der Waals surface area contributed by atoms with E-state index >= 15 is 0 Å². The average Bonchev–Trinajstić information content (AvgIpc) is 2.39. The number of hydrogen-bond donors (Lipinski definition) is 0. The van der Waals surface area contributed by atoms with Gasteiger partial charge < -0.3 is 0 Å². The fourth-order valence-corrected chi connectivity index (χ4v) is 4.34. The van der Waals surface area contributed by atoms with Crippen LogP contribution in [0.4, 0.5) is 0 Å². The Bertz CT molecular complexity index is 188. The van der Waals surface area contributed by atoms with Gasteiger partial charge in [0, 0.05) is 5.33 Å². The fourth-order valence-electron chi connectivity index (χ4n) is 4.02. The molecule has 0 aliphatic heterocycles. The summed E-state index contributed by atoms with van der Waals surface area (Å²) in [5.41, 5.74) is 0. The van der Waals surface area contributed by atoms with Crippen LogP contribution in [0.25, 0.3) is 0 Å². The van der Waals surface area contributed by atoms with E-state index in [0.717, 1.165) is 17.8 Å². The monoisotopic (exact) mass is 300 g/mol. The first kappa shape index (κ1) is 13.9. The molecule has 0 nitrogen and oxygen atoms in total. The molecule has 2 aliphatic carbocycles. The van der Waals surface area contributed by atoms with Gasteiger partial charge in [-0.1, -0.05) is 73.7 Å². The van der Waals surface area contributed by atoms with Gasteiger partial charge in [-0.3, -0.25) is 0 Å². The second-order valence-electron chi connectivity index (χ2n) is 6.46. The molecule has 0 saturated heterocycles. The summed E-state index contributed by atoms with van der Waals surface area (Å²) in [5, 5.41) is 1.20. The van der Waals surface area contributed by atoms with Crippen molar-refractivity contribution in [2.45, 2.75) is 77.0 Å². The molecule has 0 atom stereocenters. The maximum atomic E-state index is 3.55. The second kappa shape index (κ2) is 7.81. The first-order valence-electron chi connectivity index (χ1n) is 7.94. The van der Waals surface area contributed by atoms with Gasteiger partial charge in [0.25, 0.3) is 0 Å². The normalized spacial score (nSPS) is 31.6. The van der Waals surface area contributed by atoms with E-state index in [2.05, 4.69) is 15.9 Å². The molecule has 0 aromatic rings. The molecule has 2 saturated carbocycles. The average molecular weight is 301 g/mol. The maximum absolute atomic E-state index is 3.55. The summed E-state index contributed by atoms with van der Waals surface area (Å²) in [4.78, 5) is 0. The van der Waals surface area contributed by atoms with Gasteiger partial charge in [-0.05, 0) is 37.0 Å². The minimum Gasteiger partial charge on any atom is -0.0928 e. The number of hydrogen-bond acceptors (Lipinski definition) is 0. The molecule has 100 valence electrons. The molecule has 0 heterocycles. The van der Waals surface area contributed by atoms with Gasteiger partial charge >= 0.3 is 0 Å². The summed E-state index contributed by atoms with van der Waals surface area (Å²) in [5.74, 6) is 3.27. The summed E-state index contributed by atoms with van der Waals surface area (Å²) in [7, 11) is 0. The van der Waals surface area contributed by atoms with Crippen molar-refractivity contribution in [3.8, 4) is 0 Å². The van der Waals surface area contributed by atoms with Crippen molar-refractivity contribution < 1.29 is 0 Å². The fraction of sp³-hybridized carbons (Fsp3) is 1.00. The SMILES string of the molecule is BrCCCC1CCC(CC2CCCCC2)CC1. The molecular formula is C16H29Br. The zero-order chi connectivity index (χ0) is 11.9. The van der Waals surface area contributed by atoms with Crippen molar-refractivity contribution in [2.75, 3.05) is 5.33 Å². The first-order chi connectivity index (χ1) is 8.38. The zero-order valence-corrected chi connectivity index (χ0v) is 12.9. The van der Waals surface area contributed by atoms with Crippen LogP contribution in [0.15, 0.2) is 0 Å². The summed E-state index contributed by atoms with van der Waals surface area (Å²) < 4.78 is 0. The Morgan fingerprint density at radius 2 is 1.29 bits per heavy atom. The Morgan fingerprint density at radius 1 is 0.706 bits per heavy atom. The third kappa shape index (κ3) is 4.93. The Hall–Kier alpha value is 0.480. The topological polar surface area (TPSA) is 0 Å². The van der Waals surface area contributed by atoms with Gasteiger partial charge in [0.15, 0.2) is 0 Å². The van der Waals surface area contributed by atoms with Gasteiger partial charge in [-0.25, -0.2) is 0 Å². The molecular weight excluding hydrogens is 272 g/mol. The van der Waals surface area contributed by atoms with Crippen molar-refractivity contribution in [1.82, 2.24) is 0 Å². The minimum atomic E-state index is 1.06. The maximum Gasteiger partial charge on any atom is 0.00314 e. The summed E-state index contributed by atoms with van der Waals surface area (Å²) in [6.45, 7) is 0. The van der Waals surface area contributed by atoms with E-state index in [1.54, 1.807) is 32.1 Å². The lowest BCUT2D eigenvalue weighted by Crippen LogP contribution is -2.18. The molecule has 0 bridgehead atoms. The minimum absolute atomic E-state index is 1.06. The lowest BCUT2D eigenvalue weighted by Gasteiger charge is -2.32. The molecule has 0 unspecified atom stereocenters. The quantitative estimate of drug-likeness (QED) is 0.551. The largest absolute Gasteiger partial charge is 0.0928 e. The first-order valence-corrected chi connectivity index (χ1v) is 9.06. The Morgan fingerprint density at radius 3 is 1.94 bits per heavy atom. The van der Waals surface area contributed by atoms with Crippen molar-refractivity contribution >= 4 is 15.9 Å². The van der Waals surface area contributed by atoms with Gasteiger partial charge in [0.05, 0.1) is 0 Å². The molecule has 2 aliphatic rings. The van der Waals surface area contributed by atoms with Crippen LogP contribution in [0.1, 0.15) is 77.0 Å². The smallest absolute Gasteiger partial charge is 0.00314 e. The molecule has 0 N–H and O–H groups in total. The summed E-state index contributed by atoms with van der Waals surface area (Å²) in [6.07, 6.45) is 18.2. The number of alkyl halides is 1. The van der Waals surface area contributed by atoms with Gasteiger partial charge in [-0.15, -0.1) is 0 Å². The lowest BCUT2D eigenvalue weighted by molar-refractivity contribution is 0.206. The van der Waals surface area contributed by atoms with E-state index in [4.69, 9.17) is 0 Å². The standard InChI is InChI=1S/C16H29Br/c17-12-4-7-14-8-10-16(11-9-14)13-15-5-2-1-3-6-15/h14-16H,1-13H2. The van der Waals surface area contributed by atoms with Crippen LogP contribution in [0, 0.1) is 17.8 Å². The summed E-state index contributed by atoms with van der Waals surface area (Å²) >= 11 is 3.55. The second-order valence-corrected chi connectivity index (χ2v) is 7.25. The number of rotatable bonds is 5. The van der Waals surface area contributed by atoms with Crippen molar-refractivity contribution in [3.05, 3.63) is 0 Å². The van der Waals surface area contributed by atoms with Gasteiger partial charge in [-0.2, -0.15) is 0 Å². The van der Waals surface area contributed by atoms with Crippen LogP contribution in [0.5, 0.6) is 0 Å². The van der Waals surface area contributed by atoms with Gasteiger partial charge in [0.1, 0.15) is 0 Å². The van der Waals surface area contributed by atoms with Crippen molar-refractivity contribution in [1.29, 1.82) is 0 Å². The molecule has 0 aromatic heterocycles. The van der Waals surface area contributed by atoms with Crippen LogP contribution in [0.2, 0.25) is 0 Å². The molecule has 1 heteroatoms. The zero-order valence-electron chi connectivity index (χ0n) is 11.3. The highest BCUT2D eigenvalue weighted by molar-refractivity contribution is 9.09. The molecule has 17 heavy (non-hydrogen) atoms. The number of halogens is 1. The Labute approximate surface area is 116 Å². The summed E-state index contributed by atoms with van der Waals surface area (Å²) in [6, 6.07) is 0. The molecule has 2 fully saturated rings. The van der Waals surface area contributed by atoms with Crippen LogP contribution < -0.4 is 0 Å². The predicted octanol–water partition coefficient (Wildman–Crippen LogP) is 5.94. The van der Waals surface area contributed by atoms with E-state index < -0.39 is 0 Å². The van der Waals surface area contributed by atoms with Crippen LogP contribution in [-0.4, -0.2) is 5.33 Å². The van der Waals surface area contributed by atoms with Crippen molar-refractivity contribution in [3.63, 3.8) is 0 Å². The third-order valence-electron chi connectivity index (χ3n) is 5.10. The van der Waals surface area contributed by atoms with E-state index in [0.29, 0.717) is 0 Å². The van der Waals surface area contributed by atoms with Crippen molar-refractivity contribution in [2.24, 2.45) is 17.8 Å². The van der Waals surface area contributed by atoms with E-state index in [-0.39, 0.29) is 0 Å². The lowest BCUT2D eigenvalue weighted by atomic mass is 9.74. The highest BCUT2D eigenvalue weighted by Crippen LogP contribution is 2.38. The molecule has 2 rings (SSSR count). The van der Waals surface area contributed by atoms with Gasteiger partial charge in [0.2, 0.25) is 0 Å². The van der Waals surface area contributed by atoms with E-state index in [1.807, 2.05) is 0 Å². The molecule has 0 radical (unpaired) electrons. The Kier molecular flexibility index (Phi) is 6.39. The highest BCUT2D eigenvalue weighted by atomic mass is 79.9. The molecule has 0 spiro atoms. The Balaban J connectivity index is 1.61. The van der Waals surface area contributed by atoms with E-state index in [1.165, 1.54) is 50.3 Å². The van der Waals surface area contributed by atoms with E-state index in [9.17, 15) is 0 Å². The third-order valence-corrected chi connectivity index (χ3v) is 5.66. The molecule has 0 aromatic carbocycles. The molecule has 0 amide bonds. The highest BCUT2D eigenvalue weighted by Gasteiger charge is 2.24.